The number of aromatic nitrogens is 1. The molecule has 2 aromatic rings. The topological polar surface area (TPSA) is 45.3 Å². The van der Waals surface area contributed by atoms with Crippen LogP contribution in [0.1, 0.15) is 50.4 Å². The molecule has 1 saturated heterocycles. The van der Waals surface area contributed by atoms with Gasteiger partial charge in [-0.05, 0) is 56.7 Å². The van der Waals surface area contributed by atoms with Gasteiger partial charge in [0.1, 0.15) is 0 Å². The van der Waals surface area contributed by atoms with Gasteiger partial charge in [0.2, 0.25) is 0 Å². The molecule has 3 atom stereocenters. The van der Waals surface area contributed by atoms with Crippen molar-refractivity contribution in [2.75, 3.05) is 20.2 Å². The average Bonchev–Trinajstić information content (AvgIpc) is 3.05. The van der Waals surface area contributed by atoms with Gasteiger partial charge in [-0.25, -0.2) is 0 Å². The van der Waals surface area contributed by atoms with E-state index in [9.17, 15) is 4.79 Å². The molecule has 4 rings (SSSR count). The van der Waals surface area contributed by atoms with E-state index < -0.39 is 5.41 Å². The fraction of sp³-hybridized carbons (Fsp3) is 0.571. The molecule has 2 aliphatic rings. The van der Waals surface area contributed by atoms with Crippen LogP contribution in [0.5, 0.6) is 0 Å². The van der Waals surface area contributed by atoms with E-state index in [1.165, 1.54) is 29.3 Å². The third kappa shape index (κ3) is 2.42. The number of fused-ring (bicyclic) bond motifs is 5. The minimum absolute atomic E-state index is 0.0647. The third-order valence-corrected chi connectivity index (χ3v) is 6.73. The standard InChI is InChI=1S/C21H28N2O2/c1-4-21(2,20(24)25-3)16-9-7-12-23-13-11-15-14-8-5-6-10-17(14)22-18(15)19(16)23/h5-6,8,10,16,19,22H,4,7,9,11-13H2,1-3H3. The van der Waals surface area contributed by atoms with Gasteiger partial charge in [-0.3, -0.25) is 9.69 Å². The Kier molecular flexibility index (Phi) is 4.11. The number of esters is 1. The van der Waals surface area contributed by atoms with E-state index in [1.807, 2.05) is 0 Å². The Balaban J connectivity index is 1.84. The maximum atomic E-state index is 12.7. The molecule has 1 N–H and O–H groups in total. The molecule has 0 amide bonds. The Morgan fingerprint density at radius 1 is 1.36 bits per heavy atom. The number of hydrogen-bond acceptors (Lipinski definition) is 3. The predicted molar refractivity (Wildman–Crippen MR) is 99.5 cm³/mol. The first-order valence-corrected chi connectivity index (χ1v) is 9.52. The van der Waals surface area contributed by atoms with E-state index in [0.717, 1.165) is 38.8 Å². The Morgan fingerprint density at radius 2 is 2.16 bits per heavy atom. The number of piperidine rings is 1. The number of para-hydroxylation sites is 1. The number of hydrogen-bond donors (Lipinski definition) is 1. The van der Waals surface area contributed by atoms with Crippen molar-refractivity contribution in [3.63, 3.8) is 0 Å². The lowest BCUT2D eigenvalue weighted by Gasteiger charge is -2.49. The summed E-state index contributed by atoms with van der Waals surface area (Å²) in [4.78, 5) is 19.0. The number of aromatic amines is 1. The first-order valence-electron chi connectivity index (χ1n) is 9.52. The van der Waals surface area contributed by atoms with Crippen LogP contribution in [0, 0.1) is 11.3 Å². The van der Waals surface area contributed by atoms with Gasteiger partial charge in [0.05, 0.1) is 18.6 Å². The molecule has 3 heterocycles. The number of benzene rings is 1. The summed E-state index contributed by atoms with van der Waals surface area (Å²) in [6.45, 7) is 6.42. The molecular formula is C21H28N2O2. The van der Waals surface area contributed by atoms with Crippen molar-refractivity contribution in [2.24, 2.45) is 11.3 Å². The van der Waals surface area contributed by atoms with Gasteiger partial charge in [0.25, 0.3) is 0 Å². The zero-order valence-corrected chi connectivity index (χ0v) is 15.5. The number of carbonyl (C=O) groups is 1. The Hall–Kier alpha value is -1.81. The molecule has 0 radical (unpaired) electrons. The van der Waals surface area contributed by atoms with Crippen LogP contribution in [0.4, 0.5) is 0 Å². The molecule has 4 heteroatoms. The molecule has 0 aliphatic carbocycles. The van der Waals surface area contributed by atoms with Gasteiger partial charge in [-0.15, -0.1) is 0 Å². The Labute approximate surface area is 149 Å². The molecule has 25 heavy (non-hydrogen) atoms. The van der Waals surface area contributed by atoms with Gasteiger partial charge in [0.15, 0.2) is 0 Å². The highest BCUT2D eigenvalue weighted by atomic mass is 16.5. The lowest BCUT2D eigenvalue weighted by atomic mass is 9.65. The lowest BCUT2D eigenvalue weighted by molar-refractivity contribution is -0.159. The summed E-state index contributed by atoms with van der Waals surface area (Å²) in [6.07, 6.45) is 4.13. The van der Waals surface area contributed by atoms with Gasteiger partial charge < -0.3 is 9.72 Å². The largest absolute Gasteiger partial charge is 0.469 e. The van der Waals surface area contributed by atoms with Crippen molar-refractivity contribution in [1.29, 1.82) is 0 Å². The predicted octanol–water partition coefficient (Wildman–Crippen LogP) is 4.07. The van der Waals surface area contributed by atoms with Crippen LogP contribution in [-0.4, -0.2) is 36.1 Å². The monoisotopic (exact) mass is 340 g/mol. The molecule has 3 unspecified atom stereocenters. The summed E-state index contributed by atoms with van der Waals surface area (Å²) in [7, 11) is 1.52. The van der Waals surface area contributed by atoms with Crippen molar-refractivity contribution in [3.8, 4) is 0 Å². The molecule has 134 valence electrons. The normalized spacial score (nSPS) is 25.9. The quantitative estimate of drug-likeness (QED) is 0.857. The number of H-pyrrole nitrogens is 1. The highest BCUT2D eigenvalue weighted by Gasteiger charge is 2.50. The van der Waals surface area contributed by atoms with Gasteiger partial charge in [0, 0.05) is 23.1 Å². The fourth-order valence-electron chi connectivity index (χ4n) is 5.16. The minimum atomic E-state index is -0.440. The number of carbonyl (C=O) groups excluding carboxylic acids is 1. The van der Waals surface area contributed by atoms with Crippen LogP contribution in [0.2, 0.25) is 0 Å². The summed E-state index contributed by atoms with van der Waals surface area (Å²) in [5, 5.41) is 1.35. The van der Waals surface area contributed by atoms with Crippen molar-refractivity contribution in [2.45, 2.75) is 45.6 Å². The van der Waals surface area contributed by atoms with E-state index in [-0.39, 0.29) is 17.9 Å². The maximum Gasteiger partial charge on any atom is 0.311 e. The van der Waals surface area contributed by atoms with Gasteiger partial charge in [-0.2, -0.15) is 0 Å². The summed E-state index contributed by atoms with van der Waals surface area (Å²) in [5.74, 6) is 0.218. The second-order valence-electron chi connectivity index (χ2n) is 7.80. The van der Waals surface area contributed by atoms with Crippen LogP contribution in [0.25, 0.3) is 10.9 Å². The average molecular weight is 340 g/mol. The molecule has 1 fully saturated rings. The maximum absolute atomic E-state index is 12.7. The number of methoxy groups -OCH3 is 1. The van der Waals surface area contributed by atoms with Gasteiger partial charge in [-0.1, -0.05) is 25.1 Å². The van der Waals surface area contributed by atoms with E-state index in [0.29, 0.717) is 0 Å². The molecule has 2 aliphatic heterocycles. The van der Waals surface area contributed by atoms with Crippen LogP contribution in [-0.2, 0) is 16.0 Å². The van der Waals surface area contributed by atoms with Crippen molar-refractivity contribution in [3.05, 3.63) is 35.5 Å². The smallest absolute Gasteiger partial charge is 0.311 e. The summed E-state index contributed by atoms with van der Waals surface area (Å²) in [6, 6.07) is 8.87. The van der Waals surface area contributed by atoms with Crippen molar-refractivity contribution >= 4 is 16.9 Å². The van der Waals surface area contributed by atoms with E-state index in [2.05, 4.69) is 48.0 Å². The fourth-order valence-corrected chi connectivity index (χ4v) is 5.16. The molecule has 0 saturated carbocycles. The number of rotatable bonds is 3. The van der Waals surface area contributed by atoms with Gasteiger partial charge >= 0.3 is 5.97 Å². The zero-order valence-electron chi connectivity index (χ0n) is 15.5. The summed E-state index contributed by atoms with van der Waals surface area (Å²) >= 11 is 0. The van der Waals surface area contributed by atoms with Crippen molar-refractivity contribution in [1.82, 2.24) is 9.88 Å². The highest BCUT2D eigenvalue weighted by molar-refractivity contribution is 5.85. The Morgan fingerprint density at radius 3 is 2.92 bits per heavy atom. The summed E-state index contributed by atoms with van der Waals surface area (Å²) in [5.41, 5.74) is 3.56. The van der Waals surface area contributed by atoms with E-state index in [4.69, 9.17) is 4.74 Å². The molecular weight excluding hydrogens is 312 g/mol. The molecule has 0 bridgehead atoms. The van der Waals surface area contributed by atoms with Crippen LogP contribution < -0.4 is 0 Å². The first-order chi connectivity index (χ1) is 12.1. The molecule has 1 aromatic heterocycles. The number of ether oxygens (including phenoxy) is 1. The number of nitrogens with one attached hydrogen (secondary N) is 1. The highest BCUT2D eigenvalue weighted by Crippen LogP contribution is 2.50. The third-order valence-electron chi connectivity index (χ3n) is 6.73. The van der Waals surface area contributed by atoms with Crippen molar-refractivity contribution < 1.29 is 9.53 Å². The summed E-state index contributed by atoms with van der Waals surface area (Å²) < 4.78 is 5.22. The molecule has 0 spiro atoms. The second-order valence-corrected chi connectivity index (χ2v) is 7.80. The zero-order chi connectivity index (χ0) is 17.6. The molecule has 4 nitrogen and oxygen atoms in total. The van der Waals surface area contributed by atoms with E-state index >= 15 is 0 Å². The van der Waals surface area contributed by atoms with Crippen LogP contribution in [0.3, 0.4) is 0 Å². The van der Waals surface area contributed by atoms with E-state index in [1.54, 1.807) is 0 Å². The lowest BCUT2D eigenvalue weighted by Crippen LogP contribution is -2.50. The molecule has 1 aromatic carbocycles. The van der Waals surface area contributed by atoms with Crippen LogP contribution >= 0.6 is 0 Å². The number of nitrogens with zero attached hydrogens (tertiary/aromatic N) is 1. The Bertz CT molecular complexity index is 796. The first kappa shape index (κ1) is 16.6. The minimum Gasteiger partial charge on any atom is -0.469 e. The van der Waals surface area contributed by atoms with Crippen LogP contribution in [0.15, 0.2) is 24.3 Å². The SMILES string of the molecule is CCC(C)(C(=O)OC)C1CCCN2CCc3c([nH]c4ccccc34)C12. The second kappa shape index (κ2) is 6.17.